The minimum atomic E-state index is -1.04. The van der Waals surface area contributed by atoms with Gasteiger partial charge in [-0.05, 0) is 47.5 Å². The number of carbonyl (C=O) groups excluding carboxylic acids is 3. The summed E-state index contributed by atoms with van der Waals surface area (Å²) < 4.78 is 0. The van der Waals surface area contributed by atoms with Crippen LogP contribution in [0, 0.1) is 0 Å². The van der Waals surface area contributed by atoms with Crippen LogP contribution in [0.25, 0.3) is 23.1 Å². The van der Waals surface area contributed by atoms with Gasteiger partial charge in [-0.25, -0.2) is 4.90 Å². The van der Waals surface area contributed by atoms with Crippen molar-refractivity contribution in [2.45, 2.75) is 12.8 Å². The van der Waals surface area contributed by atoms with Gasteiger partial charge in [-0.15, -0.1) is 0 Å². The molecule has 1 aliphatic rings. The second-order valence-corrected chi connectivity index (χ2v) is 7.53. The van der Waals surface area contributed by atoms with Crippen molar-refractivity contribution in [1.82, 2.24) is 15.2 Å². The highest BCUT2D eigenvalue weighted by molar-refractivity contribution is 6.29. The van der Waals surface area contributed by atoms with E-state index in [-0.39, 0.29) is 5.78 Å². The van der Waals surface area contributed by atoms with Crippen LogP contribution >= 0.6 is 0 Å². The molecule has 1 aliphatic heterocycles. The molecule has 0 saturated carbocycles. The lowest BCUT2D eigenvalue weighted by Crippen LogP contribution is -2.35. The topological polar surface area (TPSA) is 96.0 Å². The number of para-hydroxylation sites is 1. The summed E-state index contributed by atoms with van der Waals surface area (Å²) in [6, 6.07) is 15.9. The van der Waals surface area contributed by atoms with Crippen molar-refractivity contribution >= 4 is 46.3 Å². The molecule has 156 valence electrons. The molecule has 0 aliphatic carbocycles. The number of fused-ring (bicyclic) bond motifs is 2. The lowest BCUT2D eigenvalue weighted by atomic mass is 9.91. The first-order valence-electron chi connectivity index (χ1n) is 10.1. The number of rotatable bonds is 4. The maximum atomic E-state index is 13.3. The van der Waals surface area contributed by atoms with Gasteiger partial charge in [-0.2, -0.15) is 5.10 Å². The van der Waals surface area contributed by atoms with Crippen LogP contribution in [0.5, 0.6) is 0 Å². The largest absolute Gasteiger partial charge is 0.293 e. The van der Waals surface area contributed by atoms with E-state index >= 15 is 0 Å². The van der Waals surface area contributed by atoms with Crippen molar-refractivity contribution in [2.24, 2.45) is 0 Å². The third kappa shape index (κ3) is 3.20. The first kappa shape index (κ1) is 19.6. The van der Waals surface area contributed by atoms with E-state index in [1.807, 2.05) is 30.4 Å². The number of benzene rings is 2. The minimum Gasteiger partial charge on any atom is -0.293 e. The summed E-state index contributed by atoms with van der Waals surface area (Å²) in [6.07, 6.45) is 7.25. The molecule has 4 aromatic rings. The van der Waals surface area contributed by atoms with Gasteiger partial charge in [0, 0.05) is 30.3 Å². The molecule has 7 nitrogen and oxygen atoms in total. The molecule has 0 bridgehead atoms. The maximum Gasteiger partial charge on any atom is 0.249 e. The molecular formula is C25H18N4O3. The average molecular weight is 422 g/mol. The van der Waals surface area contributed by atoms with E-state index in [4.69, 9.17) is 0 Å². The van der Waals surface area contributed by atoms with Crippen LogP contribution in [0.2, 0.25) is 0 Å². The Labute approximate surface area is 183 Å². The fourth-order valence-electron chi connectivity index (χ4n) is 4.03. The second-order valence-electron chi connectivity index (χ2n) is 7.53. The number of H-pyrrole nitrogens is 1. The average Bonchev–Trinajstić information content (AvgIpc) is 3.35. The summed E-state index contributed by atoms with van der Waals surface area (Å²) in [5.74, 6) is -2.32. The first-order chi connectivity index (χ1) is 15.5. The summed E-state index contributed by atoms with van der Waals surface area (Å²) in [6.45, 7) is 1.32. The quantitative estimate of drug-likeness (QED) is 0.396. The number of pyridine rings is 1. The van der Waals surface area contributed by atoms with E-state index in [0.717, 1.165) is 21.5 Å². The normalized spacial score (nSPS) is 15.5. The molecule has 2 aromatic carbocycles. The van der Waals surface area contributed by atoms with Crippen molar-refractivity contribution in [3.05, 3.63) is 89.4 Å². The summed E-state index contributed by atoms with van der Waals surface area (Å²) in [5.41, 5.74) is 3.81. The van der Waals surface area contributed by atoms with Gasteiger partial charge in [-0.3, -0.25) is 24.5 Å². The number of aromatic nitrogens is 3. The molecule has 32 heavy (non-hydrogen) atoms. The number of hydrogen-bond donors (Lipinski definition) is 1. The summed E-state index contributed by atoms with van der Waals surface area (Å²) >= 11 is 0. The molecule has 0 saturated heterocycles. The van der Waals surface area contributed by atoms with Crippen LogP contribution in [0.1, 0.15) is 40.0 Å². The molecule has 1 unspecified atom stereocenters. The van der Waals surface area contributed by atoms with E-state index in [1.54, 1.807) is 48.8 Å². The highest BCUT2D eigenvalue weighted by Crippen LogP contribution is 2.39. The van der Waals surface area contributed by atoms with Crippen molar-refractivity contribution in [1.29, 1.82) is 0 Å². The lowest BCUT2D eigenvalue weighted by Gasteiger charge is -2.13. The van der Waals surface area contributed by atoms with E-state index in [1.165, 1.54) is 6.92 Å². The molecule has 5 rings (SSSR count). The van der Waals surface area contributed by atoms with Gasteiger partial charge in [0.2, 0.25) is 11.8 Å². The fraction of sp³-hybridized carbons (Fsp3) is 0.0800. The molecule has 3 heterocycles. The highest BCUT2D eigenvalue weighted by Gasteiger charge is 2.43. The molecule has 1 N–H and O–H groups in total. The van der Waals surface area contributed by atoms with Crippen molar-refractivity contribution in [3.8, 4) is 0 Å². The van der Waals surface area contributed by atoms with E-state index in [2.05, 4.69) is 15.2 Å². The number of Topliss-reactive ketones (excluding diaryl/α,β-unsaturated/α-hetero) is 1. The fourth-order valence-corrected chi connectivity index (χ4v) is 4.03. The van der Waals surface area contributed by atoms with Crippen LogP contribution < -0.4 is 4.90 Å². The Morgan fingerprint density at radius 3 is 2.59 bits per heavy atom. The van der Waals surface area contributed by atoms with E-state index in [9.17, 15) is 14.4 Å². The third-order valence-electron chi connectivity index (χ3n) is 5.55. The van der Waals surface area contributed by atoms with E-state index < -0.39 is 17.7 Å². The summed E-state index contributed by atoms with van der Waals surface area (Å²) in [5, 5.41) is 8.15. The zero-order chi connectivity index (χ0) is 22.2. The molecule has 0 fully saturated rings. The van der Waals surface area contributed by atoms with Gasteiger partial charge in [0.15, 0.2) is 5.78 Å². The summed E-state index contributed by atoms with van der Waals surface area (Å²) in [4.78, 5) is 43.4. The monoisotopic (exact) mass is 422 g/mol. The van der Waals surface area contributed by atoms with Crippen LogP contribution in [0.4, 0.5) is 5.69 Å². The number of amides is 2. The van der Waals surface area contributed by atoms with E-state index in [0.29, 0.717) is 22.3 Å². The third-order valence-corrected chi connectivity index (χ3v) is 5.55. The Bertz CT molecular complexity index is 1410. The van der Waals surface area contributed by atoms with Gasteiger partial charge in [0.05, 0.1) is 16.9 Å². The standard InChI is InChI=1S/C25H18N4O3/c1-15(30)29-22-5-3-2-4-19(22)23(25(29)32)24(31)17-7-8-18-20(27-28-21(18)14-17)9-6-16-10-12-26-13-11-16/h2-14,23H,1H3,(H,27,28). The Balaban J connectivity index is 1.48. The summed E-state index contributed by atoms with van der Waals surface area (Å²) in [7, 11) is 0. The number of aromatic amines is 1. The number of anilines is 1. The molecule has 1 atom stereocenters. The van der Waals surface area contributed by atoms with Gasteiger partial charge in [-0.1, -0.05) is 30.3 Å². The van der Waals surface area contributed by atoms with Gasteiger partial charge in [0.25, 0.3) is 0 Å². The maximum absolute atomic E-state index is 13.3. The van der Waals surface area contributed by atoms with Crippen LogP contribution in [-0.4, -0.2) is 32.8 Å². The van der Waals surface area contributed by atoms with Crippen molar-refractivity contribution < 1.29 is 14.4 Å². The zero-order valence-corrected chi connectivity index (χ0v) is 17.1. The van der Waals surface area contributed by atoms with Crippen LogP contribution in [-0.2, 0) is 9.59 Å². The van der Waals surface area contributed by atoms with Crippen molar-refractivity contribution in [3.63, 3.8) is 0 Å². The number of imide groups is 1. The van der Waals surface area contributed by atoms with Crippen molar-refractivity contribution in [2.75, 3.05) is 4.90 Å². The predicted octanol–water partition coefficient (Wildman–Crippen LogP) is 3.99. The molecule has 2 amide bonds. The predicted molar refractivity (Wildman–Crippen MR) is 121 cm³/mol. The lowest BCUT2D eigenvalue weighted by molar-refractivity contribution is -0.125. The molecule has 0 radical (unpaired) electrons. The number of nitrogens with one attached hydrogen (secondary N) is 1. The molecule has 0 spiro atoms. The van der Waals surface area contributed by atoms with Gasteiger partial charge >= 0.3 is 0 Å². The molecular weight excluding hydrogens is 404 g/mol. The Morgan fingerprint density at radius 2 is 1.81 bits per heavy atom. The molecule has 7 heteroatoms. The Kier molecular flexibility index (Phi) is 4.71. The number of ketones is 1. The smallest absolute Gasteiger partial charge is 0.249 e. The van der Waals surface area contributed by atoms with Gasteiger partial charge in [0.1, 0.15) is 5.92 Å². The number of carbonyl (C=O) groups is 3. The number of nitrogens with zero attached hydrogens (tertiary/aromatic N) is 3. The van der Waals surface area contributed by atoms with Crippen LogP contribution in [0.15, 0.2) is 67.0 Å². The Morgan fingerprint density at radius 1 is 1.03 bits per heavy atom. The minimum absolute atomic E-state index is 0.350. The first-order valence-corrected chi connectivity index (χ1v) is 10.1. The zero-order valence-electron chi connectivity index (χ0n) is 17.1. The van der Waals surface area contributed by atoms with Crippen LogP contribution in [0.3, 0.4) is 0 Å². The molecule has 2 aromatic heterocycles. The van der Waals surface area contributed by atoms with Gasteiger partial charge < -0.3 is 0 Å². The second kappa shape index (κ2) is 7.70. The number of hydrogen-bond acceptors (Lipinski definition) is 5. The Hall–Kier alpha value is -4.39. The highest BCUT2D eigenvalue weighted by atomic mass is 16.2. The SMILES string of the molecule is CC(=O)N1C(=O)C(C(=O)c2ccc3c(C=Cc4ccncc4)n[nH]c3c2)c2ccccc21.